The average molecular weight is 321 g/mol. The maximum atomic E-state index is 13.7. The molecule has 1 saturated carbocycles. The fourth-order valence-electron chi connectivity index (χ4n) is 2.34. The normalized spacial score (nSPS) is 17.0. The summed E-state index contributed by atoms with van der Waals surface area (Å²) in [5.41, 5.74) is 0.188. The Bertz CT molecular complexity index is 553. The first kappa shape index (κ1) is 15.7. The molecule has 0 atom stereocenters. The molecular weight excluding hydrogens is 303 g/mol. The maximum absolute atomic E-state index is 13.7. The second kappa shape index (κ2) is 6.39. The van der Waals surface area contributed by atoms with Gasteiger partial charge in [-0.2, -0.15) is 17.4 Å². The van der Waals surface area contributed by atoms with Gasteiger partial charge in [0.25, 0.3) is 10.2 Å². The molecule has 0 spiro atoms. The number of nitrogens with one attached hydrogen (secondary N) is 1. The van der Waals surface area contributed by atoms with Crippen molar-refractivity contribution in [3.05, 3.63) is 34.6 Å². The van der Waals surface area contributed by atoms with Crippen molar-refractivity contribution in [2.45, 2.75) is 38.3 Å². The molecule has 1 fully saturated rings. The lowest BCUT2D eigenvalue weighted by molar-refractivity contribution is 0.436. The number of hydrogen-bond donors (Lipinski definition) is 1. The minimum Gasteiger partial charge on any atom is -0.207 e. The van der Waals surface area contributed by atoms with E-state index in [1.807, 2.05) is 0 Å². The van der Waals surface area contributed by atoms with Crippen molar-refractivity contribution in [3.63, 3.8) is 0 Å². The van der Waals surface area contributed by atoms with Crippen LogP contribution >= 0.6 is 11.6 Å². The van der Waals surface area contributed by atoms with Gasteiger partial charge in [-0.1, -0.05) is 30.5 Å². The predicted octanol–water partition coefficient (Wildman–Crippen LogP) is 2.69. The van der Waals surface area contributed by atoms with Crippen LogP contribution in [0, 0.1) is 5.82 Å². The van der Waals surface area contributed by atoms with Gasteiger partial charge in [0.2, 0.25) is 0 Å². The van der Waals surface area contributed by atoms with Crippen LogP contribution in [-0.4, -0.2) is 25.8 Å². The van der Waals surface area contributed by atoms with Crippen LogP contribution in [0.3, 0.4) is 0 Å². The molecule has 0 bridgehead atoms. The van der Waals surface area contributed by atoms with Gasteiger partial charge in [-0.25, -0.2) is 4.39 Å². The molecular formula is C13H18ClFN2O2S. The van der Waals surface area contributed by atoms with Crippen molar-refractivity contribution in [3.8, 4) is 0 Å². The molecule has 1 aliphatic rings. The molecule has 0 saturated heterocycles. The van der Waals surface area contributed by atoms with Crippen LogP contribution < -0.4 is 4.72 Å². The second-order valence-corrected chi connectivity index (χ2v) is 7.28. The van der Waals surface area contributed by atoms with E-state index >= 15 is 0 Å². The van der Waals surface area contributed by atoms with Gasteiger partial charge in [0.1, 0.15) is 5.82 Å². The first-order chi connectivity index (χ1) is 9.40. The first-order valence-electron chi connectivity index (χ1n) is 6.56. The third-order valence-corrected chi connectivity index (χ3v) is 5.46. The van der Waals surface area contributed by atoms with Crippen LogP contribution in [-0.2, 0) is 16.8 Å². The Morgan fingerprint density at radius 1 is 1.40 bits per heavy atom. The molecule has 1 aliphatic carbocycles. The molecule has 0 heterocycles. The maximum Gasteiger partial charge on any atom is 0.279 e. The smallest absolute Gasteiger partial charge is 0.207 e. The van der Waals surface area contributed by atoms with Gasteiger partial charge in [-0.3, -0.25) is 0 Å². The zero-order valence-electron chi connectivity index (χ0n) is 11.3. The van der Waals surface area contributed by atoms with Crippen molar-refractivity contribution in [2.75, 3.05) is 7.05 Å². The van der Waals surface area contributed by atoms with Gasteiger partial charge in [0.05, 0.1) is 0 Å². The van der Waals surface area contributed by atoms with Gasteiger partial charge in [-0.15, -0.1) is 0 Å². The number of rotatable bonds is 5. The van der Waals surface area contributed by atoms with Crippen molar-refractivity contribution in [1.82, 2.24) is 9.03 Å². The summed E-state index contributed by atoms with van der Waals surface area (Å²) in [6, 6.07) is 4.29. The standard InChI is InChI=1S/C13H18ClFN2O2S/c1-17(9-11-12(14)7-4-8-13(11)15)20(18,19)16-10-5-2-3-6-10/h4,7-8,10,16H,2-3,5-6,9H2,1H3. The van der Waals surface area contributed by atoms with Crippen LogP contribution in [0.2, 0.25) is 5.02 Å². The number of hydrogen-bond acceptors (Lipinski definition) is 2. The molecule has 4 nitrogen and oxygen atoms in total. The summed E-state index contributed by atoms with van der Waals surface area (Å²) in [7, 11) is -2.20. The van der Waals surface area contributed by atoms with E-state index in [-0.39, 0.29) is 23.2 Å². The zero-order valence-corrected chi connectivity index (χ0v) is 12.8. The van der Waals surface area contributed by atoms with Gasteiger partial charge < -0.3 is 0 Å². The highest BCUT2D eigenvalue weighted by atomic mass is 35.5. The number of halogens is 2. The predicted molar refractivity (Wildman–Crippen MR) is 77.2 cm³/mol. The highest BCUT2D eigenvalue weighted by Crippen LogP contribution is 2.22. The summed E-state index contributed by atoms with van der Waals surface area (Å²) in [5.74, 6) is -0.500. The largest absolute Gasteiger partial charge is 0.279 e. The lowest BCUT2D eigenvalue weighted by Crippen LogP contribution is -2.42. The lowest BCUT2D eigenvalue weighted by atomic mass is 10.2. The fraction of sp³-hybridized carbons (Fsp3) is 0.538. The average Bonchev–Trinajstić information content (AvgIpc) is 2.85. The molecule has 0 aliphatic heterocycles. The van der Waals surface area contributed by atoms with E-state index in [4.69, 9.17) is 11.6 Å². The van der Waals surface area contributed by atoms with Crippen molar-refractivity contribution in [1.29, 1.82) is 0 Å². The highest BCUT2D eigenvalue weighted by Gasteiger charge is 2.25. The van der Waals surface area contributed by atoms with Crippen molar-refractivity contribution in [2.24, 2.45) is 0 Å². The Labute approximate surface area is 124 Å². The quantitative estimate of drug-likeness (QED) is 0.907. The van der Waals surface area contributed by atoms with Crippen LogP contribution in [0.15, 0.2) is 18.2 Å². The van der Waals surface area contributed by atoms with E-state index in [0.717, 1.165) is 30.0 Å². The summed E-state index contributed by atoms with van der Waals surface area (Å²) < 4.78 is 41.7. The fourth-order valence-corrected chi connectivity index (χ4v) is 3.69. The molecule has 7 heteroatoms. The molecule has 0 aromatic heterocycles. The third-order valence-electron chi connectivity index (χ3n) is 3.52. The van der Waals surface area contributed by atoms with Gasteiger partial charge >= 0.3 is 0 Å². The van der Waals surface area contributed by atoms with Gasteiger partial charge in [-0.05, 0) is 25.0 Å². The summed E-state index contributed by atoms with van der Waals surface area (Å²) in [6.45, 7) is -0.0897. The Morgan fingerprint density at radius 2 is 2.05 bits per heavy atom. The minimum atomic E-state index is -3.62. The van der Waals surface area contributed by atoms with Crippen LogP contribution in [0.5, 0.6) is 0 Å². The molecule has 20 heavy (non-hydrogen) atoms. The van der Waals surface area contributed by atoms with E-state index in [1.54, 1.807) is 6.07 Å². The number of benzene rings is 1. The second-order valence-electron chi connectivity index (χ2n) is 5.06. The molecule has 0 radical (unpaired) electrons. The van der Waals surface area contributed by atoms with E-state index < -0.39 is 16.0 Å². The molecule has 1 aromatic rings. The molecule has 2 rings (SSSR count). The molecule has 1 aromatic carbocycles. The Balaban J connectivity index is 2.08. The summed E-state index contributed by atoms with van der Waals surface area (Å²) in [6.07, 6.45) is 3.78. The number of nitrogens with zero attached hydrogens (tertiary/aromatic N) is 1. The molecule has 112 valence electrons. The molecule has 0 unspecified atom stereocenters. The Morgan fingerprint density at radius 3 is 2.65 bits per heavy atom. The van der Waals surface area contributed by atoms with E-state index in [1.165, 1.54) is 19.2 Å². The Kier molecular flexibility index (Phi) is 5.01. The van der Waals surface area contributed by atoms with Gasteiger partial charge in [0, 0.05) is 30.2 Å². The topological polar surface area (TPSA) is 49.4 Å². The van der Waals surface area contributed by atoms with Crippen LogP contribution in [0.25, 0.3) is 0 Å². The van der Waals surface area contributed by atoms with E-state index in [0.29, 0.717) is 0 Å². The highest BCUT2D eigenvalue weighted by molar-refractivity contribution is 7.87. The van der Waals surface area contributed by atoms with E-state index in [9.17, 15) is 12.8 Å². The summed E-state index contributed by atoms with van der Waals surface area (Å²) in [4.78, 5) is 0. The van der Waals surface area contributed by atoms with Crippen LogP contribution in [0.1, 0.15) is 31.2 Å². The third kappa shape index (κ3) is 3.69. The van der Waals surface area contributed by atoms with Gasteiger partial charge in [0.15, 0.2) is 0 Å². The van der Waals surface area contributed by atoms with E-state index in [2.05, 4.69) is 4.72 Å². The zero-order chi connectivity index (χ0) is 14.8. The lowest BCUT2D eigenvalue weighted by Gasteiger charge is -2.21. The monoisotopic (exact) mass is 320 g/mol. The SMILES string of the molecule is CN(Cc1c(F)cccc1Cl)S(=O)(=O)NC1CCCC1. The molecule has 0 amide bonds. The van der Waals surface area contributed by atoms with Crippen LogP contribution in [0.4, 0.5) is 4.39 Å². The summed E-state index contributed by atoms with van der Waals surface area (Å²) in [5, 5.41) is 0.230. The van der Waals surface area contributed by atoms with Crippen molar-refractivity contribution < 1.29 is 12.8 Å². The van der Waals surface area contributed by atoms with Crippen molar-refractivity contribution >= 4 is 21.8 Å². The minimum absolute atomic E-state index is 0.0152. The summed E-state index contributed by atoms with van der Waals surface area (Å²) >= 11 is 5.91. The molecule has 1 N–H and O–H groups in total. The first-order valence-corrected chi connectivity index (χ1v) is 8.38. The Hall–Kier alpha value is -0.690.